The lowest BCUT2D eigenvalue weighted by atomic mass is 10.1. The first-order chi connectivity index (χ1) is 9.69. The molecule has 0 spiro atoms. The van der Waals surface area contributed by atoms with Crippen LogP contribution in [0.5, 0.6) is 0 Å². The second kappa shape index (κ2) is 6.92. The maximum atomic E-state index is 11.8. The summed E-state index contributed by atoms with van der Waals surface area (Å²) in [6.07, 6.45) is 1.45. The Morgan fingerprint density at radius 1 is 1.38 bits per heavy atom. The highest BCUT2D eigenvalue weighted by Gasteiger charge is 2.24. The number of hydrogen-bond acceptors (Lipinski definition) is 4. The van der Waals surface area contributed by atoms with Crippen LogP contribution in [0.3, 0.4) is 0 Å². The number of hydrogen-bond donors (Lipinski definition) is 3. The molecular weight excluding hydrogens is 276 g/mol. The number of esters is 1. The lowest BCUT2D eigenvalue weighted by molar-refractivity contribution is -0.155. The summed E-state index contributed by atoms with van der Waals surface area (Å²) in [7, 11) is 0. The van der Waals surface area contributed by atoms with Gasteiger partial charge in [-0.15, -0.1) is 0 Å². The first kappa shape index (κ1) is 16.7. The zero-order chi connectivity index (χ0) is 16.0. The van der Waals surface area contributed by atoms with Crippen molar-refractivity contribution in [3.05, 3.63) is 24.0 Å². The fraction of sp³-hybridized carbons (Fsp3) is 0.500. The van der Waals surface area contributed by atoms with E-state index < -0.39 is 29.5 Å². The van der Waals surface area contributed by atoms with Crippen molar-refractivity contribution in [2.75, 3.05) is 0 Å². The number of aromatic nitrogens is 1. The van der Waals surface area contributed by atoms with Gasteiger partial charge in [-0.3, -0.25) is 9.59 Å². The largest absolute Gasteiger partial charge is 0.480 e. The molecule has 1 heterocycles. The Morgan fingerprint density at radius 3 is 2.52 bits per heavy atom. The number of H-pyrrole nitrogens is 1. The number of carbonyl (C=O) groups is 3. The van der Waals surface area contributed by atoms with Gasteiger partial charge in [-0.05, 0) is 39.3 Å². The third-order valence-corrected chi connectivity index (χ3v) is 2.50. The van der Waals surface area contributed by atoms with Crippen LogP contribution in [0.15, 0.2) is 18.3 Å². The molecule has 1 atom stereocenters. The molecule has 1 aromatic rings. The van der Waals surface area contributed by atoms with E-state index in [2.05, 4.69) is 10.3 Å². The Kier molecular flexibility index (Phi) is 5.52. The summed E-state index contributed by atoms with van der Waals surface area (Å²) in [5, 5.41) is 11.4. The standard InChI is InChI=1S/C14H20N2O5/c1-14(2,3)21-11(17)7-6-10(13(19)20)16-12(18)9-5-4-8-15-9/h4-5,8,10,15H,6-7H2,1-3H3,(H,16,18)(H,19,20)/t10-/m1/s1. The number of rotatable bonds is 6. The normalized spacial score (nSPS) is 12.5. The molecule has 0 aliphatic heterocycles. The van der Waals surface area contributed by atoms with Gasteiger partial charge in [0, 0.05) is 12.6 Å². The topological polar surface area (TPSA) is 108 Å². The van der Waals surface area contributed by atoms with E-state index in [9.17, 15) is 14.4 Å². The van der Waals surface area contributed by atoms with Crippen molar-refractivity contribution < 1.29 is 24.2 Å². The van der Waals surface area contributed by atoms with Crippen LogP contribution in [0.1, 0.15) is 44.1 Å². The van der Waals surface area contributed by atoms with Crippen molar-refractivity contribution in [2.24, 2.45) is 0 Å². The molecule has 116 valence electrons. The van der Waals surface area contributed by atoms with Gasteiger partial charge in [0.1, 0.15) is 17.3 Å². The number of amides is 1. The van der Waals surface area contributed by atoms with Crippen molar-refractivity contribution in [1.29, 1.82) is 0 Å². The predicted molar refractivity (Wildman–Crippen MR) is 74.8 cm³/mol. The molecule has 3 N–H and O–H groups in total. The summed E-state index contributed by atoms with van der Waals surface area (Å²) in [5.74, 6) is -2.22. The molecule has 1 rings (SSSR count). The smallest absolute Gasteiger partial charge is 0.326 e. The van der Waals surface area contributed by atoms with Gasteiger partial charge in [-0.2, -0.15) is 0 Å². The average Bonchev–Trinajstić information content (AvgIpc) is 2.85. The van der Waals surface area contributed by atoms with Crippen LogP contribution in [0.4, 0.5) is 0 Å². The summed E-state index contributed by atoms with van der Waals surface area (Å²) in [6.45, 7) is 5.19. The number of ether oxygens (including phenoxy) is 1. The van der Waals surface area contributed by atoms with E-state index in [1.54, 1.807) is 33.0 Å². The van der Waals surface area contributed by atoms with Crippen LogP contribution >= 0.6 is 0 Å². The molecule has 0 radical (unpaired) electrons. The van der Waals surface area contributed by atoms with E-state index in [1.807, 2.05) is 0 Å². The van der Waals surface area contributed by atoms with Crippen molar-refractivity contribution in [3.8, 4) is 0 Å². The van der Waals surface area contributed by atoms with Gasteiger partial charge < -0.3 is 20.1 Å². The van der Waals surface area contributed by atoms with E-state index in [1.165, 1.54) is 6.07 Å². The van der Waals surface area contributed by atoms with Crippen molar-refractivity contribution in [2.45, 2.75) is 45.3 Å². The monoisotopic (exact) mass is 296 g/mol. The molecule has 0 saturated heterocycles. The average molecular weight is 296 g/mol. The lowest BCUT2D eigenvalue weighted by Gasteiger charge is -2.20. The molecule has 0 bridgehead atoms. The number of aromatic amines is 1. The molecule has 0 aromatic carbocycles. The fourth-order valence-electron chi connectivity index (χ4n) is 1.62. The van der Waals surface area contributed by atoms with Gasteiger partial charge >= 0.3 is 11.9 Å². The minimum Gasteiger partial charge on any atom is -0.480 e. The Hall–Kier alpha value is -2.31. The van der Waals surface area contributed by atoms with Gasteiger partial charge in [0.05, 0.1) is 0 Å². The van der Waals surface area contributed by atoms with E-state index in [0.29, 0.717) is 0 Å². The SMILES string of the molecule is CC(C)(C)OC(=O)CC[C@@H](NC(=O)c1ccc[nH]1)C(=O)O. The highest BCUT2D eigenvalue weighted by atomic mass is 16.6. The number of carbonyl (C=O) groups excluding carboxylic acids is 2. The predicted octanol–water partition coefficient (Wildman–Crippen LogP) is 1.32. The highest BCUT2D eigenvalue weighted by molar-refractivity contribution is 5.95. The fourth-order valence-corrected chi connectivity index (χ4v) is 1.62. The summed E-state index contributed by atoms with van der Waals surface area (Å²) in [5.41, 5.74) is -0.359. The summed E-state index contributed by atoms with van der Waals surface area (Å²) >= 11 is 0. The second-order valence-corrected chi connectivity index (χ2v) is 5.57. The van der Waals surface area contributed by atoms with Crippen molar-refractivity contribution >= 4 is 17.8 Å². The third kappa shape index (κ3) is 6.11. The third-order valence-electron chi connectivity index (χ3n) is 2.50. The van der Waals surface area contributed by atoms with Crippen LogP contribution in [-0.4, -0.2) is 39.6 Å². The van der Waals surface area contributed by atoms with E-state index in [-0.39, 0.29) is 18.5 Å². The molecule has 0 aliphatic carbocycles. The van der Waals surface area contributed by atoms with E-state index >= 15 is 0 Å². The van der Waals surface area contributed by atoms with Crippen LogP contribution < -0.4 is 5.32 Å². The number of aliphatic carboxylic acids is 1. The van der Waals surface area contributed by atoms with Gasteiger partial charge in [-0.1, -0.05) is 0 Å². The lowest BCUT2D eigenvalue weighted by Crippen LogP contribution is -2.41. The zero-order valence-electron chi connectivity index (χ0n) is 12.3. The zero-order valence-corrected chi connectivity index (χ0v) is 12.3. The van der Waals surface area contributed by atoms with Crippen LogP contribution in [0.2, 0.25) is 0 Å². The molecule has 0 unspecified atom stereocenters. The second-order valence-electron chi connectivity index (χ2n) is 5.57. The molecular formula is C14H20N2O5. The minimum atomic E-state index is -1.20. The molecule has 0 fully saturated rings. The van der Waals surface area contributed by atoms with Crippen LogP contribution in [0.25, 0.3) is 0 Å². The molecule has 21 heavy (non-hydrogen) atoms. The molecule has 1 amide bonds. The van der Waals surface area contributed by atoms with E-state index in [0.717, 1.165) is 0 Å². The first-order valence-electron chi connectivity index (χ1n) is 6.58. The molecule has 0 saturated carbocycles. The molecule has 0 aliphatic rings. The molecule has 7 nitrogen and oxygen atoms in total. The van der Waals surface area contributed by atoms with Gasteiger partial charge in [0.15, 0.2) is 0 Å². The van der Waals surface area contributed by atoms with E-state index in [4.69, 9.17) is 9.84 Å². The van der Waals surface area contributed by atoms with Crippen LogP contribution in [0, 0.1) is 0 Å². The number of carboxylic acids is 1. The van der Waals surface area contributed by atoms with Crippen LogP contribution in [-0.2, 0) is 14.3 Å². The number of carboxylic acid groups (broad SMARTS) is 1. The number of nitrogens with one attached hydrogen (secondary N) is 2. The van der Waals surface area contributed by atoms with Crippen molar-refractivity contribution in [1.82, 2.24) is 10.3 Å². The molecule has 7 heteroatoms. The maximum Gasteiger partial charge on any atom is 0.326 e. The Bertz CT molecular complexity index is 502. The quantitative estimate of drug-likeness (QED) is 0.686. The maximum absolute atomic E-state index is 11.8. The van der Waals surface area contributed by atoms with Gasteiger partial charge in [0.2, 0.25) is 0 Å². The summed E-state index contributed by atoms with van der Waals surface area (Å²) in [4.78, 5) is 37.1. The molecule has 1 aromatic heterocycles. The summed E-state index contributed by atoms with van der Waals surface area (Å²) < 4.78 is 5.09. The van der Waals surface area contributed by atoms with Gasteiger partial charge in [-0.25, -0.2) is 4.79 Å². The minimum absolute atomic E-state index is 0.0311. The Morgan fingerprint density at radius 2 is 2.05 bits per heavy atom. The van der Waals surface area contributed by atoms with Gasteiger partial charge in [0.25, 0.3) is 5.91 Å². The Balaban J connectivity index is 2.53. The van der Waals surface area contributed by atoms with Crippen molar-refractivity contribution in [3.63, 3.8) is 0 Å². The highest BCUT2D eigenvalue weighted by Crippen LogP contribution is 2.10. The first-order valence-corrected chi connectivity index (χ1v) is 6.58. The Labute approximate surface area is 122 Å². The summed E-state index contributed by atoms with van der Waals surface area (Å²) in [6, 6.07) is 2.02.